The second-order valence-electron chi connectivity index (χ2n) is 9.22. The van der Waals surface area contributed by atoms with E-state index < -0.39 is 12.1 Å². The van der Waals surface area contributed by atoms with Gasteiger partial charge < -0.3 is 20.1 Å². The van der Waals surface area contributed by atoms with Crippen LogP contribution in [0.4, 0.5) is 4.79 Å². The molecule has 0 radical (unpaired) electrons. The SMILES string of the molecule is O=C(O)N[C@H](Cc1ccccc1)C(=O)N1CCN(CCCOc2ccc(C(=O)C3CC3)cc2)CC1. The lowest BCUT2D eigenvalue weighted by Gasteiger charge is -2.36. The summed E-state index contributed by atoms with van der Waals surface area (Å²) >= 11 is 0. The Hall–Kier alpha value is -3.39. The Kier molecular flexibility index (Phi) is 8.36. The zero-order chi connectivity index (χ0) is 24.6. The van der Waals surface area contributed by atoms with Gasteiger partial charge >= 0.3 is 6.09 Å². The zero-order valence-corrected chi connectivity index (χ0v) is 19.9. The van der Waals surface area contributed by atoms with E-state index >= 15 is 0 Å². The molecule has 1 saturated heterocycles. The first-order chi connectivity index (χ1) is 17.0. The van der Waals surface area contributed by atoms with Gasteiger partial charge in [0.15, 0.2) is 5.78 Å². The molecule has 0 aromatic heterocycles. The van der Waals surface area contributed by atoms with Crippen molar-refractivity contribution in [3.8, 4) is 5.75 Å². The Morgan fingerprint density at radius 3 is 2.29 bits per heavy atom. The van der Waals surface area contributed by atoms with Gasteiger partial charge in [-0.2, -0.15) is 0 Å². The van der Waals surface area contributed by atoms with E-state index in [0.29, 0.717) is 26.1 Å². The minimum Gasteiger partial charge on any atom is -0.494 e. The molecular weight excluding hydrogens is 446 g/mol. The number of carbonyl (C=O) groups excluding carboxylic acids is 2. The summed E-state index contributed by atoms with van der Waals surface area (Å²) in [7, 11) is 0. The van der Waals surface area contributed by atoms with E-state index in [1.807, 2.05) is 54.6 Å². The maximum absolute atomic E-state index is 13.0. The molecule has 2 N–H and O–H groups in total. The summed E-state index contributed by atoms with van der Waals surface area (Å²) in [6.07, 6.45) is 2.01. The molecular formula is C27H33N3O5. The molecule has 0 bridgehead atoms. The first kappa shape index (κ1) is 24.7. The van der Waals surface area contributed by atoms with Gasteiger partial charge in [0.2, 0.25) is 5.91 Å². The average molecular weight is 480 g/mol. The van der Waals surface area contributed by atoms with E-state index in [1.165, 1.54) is 0 Å². The standard InChI is InChI=1S/C27H33N3O5/c31-25(21-7-8-21)22-9-11-23(12-10-22)35-18-4-13-29-14-16-30(17-15-29)26(32)24(28-27(33)34)19-20-5-2-1-3-6-20/h1-3,5-6,9-12,21,24,28H,4,7-8,13-19H2,(H,33,34)/t24-/m1/s1. The third-order valence-corrected chi connectivity index (χ3v) is 6.54. The fourth-order valence-corrected chi connectivity index (χ4v) is 4.39. The number of piperazine rings is 1. The monoisotopic (exact) mass is 479 g/mol. The van der Waals surface area contributed by atoms with E-state index in [-0.39, 0.29) is 17.6 Å². The summed E-state index contributed by atoms with van der Waals surface area (Å²) in [6, 6.07) is 16.1. The molecule has 8 nitrogen and oxygen atoms in total. The average Bonchev–Trinajstić information content (AvgIpc) is 3.72. The molecule has 2 amide bonds. The highest BCUT2D eigenvalue weighted by atomic mass is 16.5. The lowest BCUT2D eigenvalue weighted by Crippen LogP contribution is -2.55. The van der Waals surface area contributed by atoms with Gasteiger partial charge in [-0.05, 0) is 49.1 Å². The lowest BCUT2D eigenvalue weighted by atomic mass is 10.0. The van der Waals surface area contributed by atoms with Crippen LogP contribution in [0.2, 0.25) is 0 Å². The molecule has 35 heavy (non-hydrogen) atoms. The quantitative estimate of drug-likeness (QED) is 0.380. The first-order valence-electron chi connectivity index (χ1n) is 12.3. The molecule has 186 valence electrons. The van der Waals surface area contributed by atoms with Crippen LogP contribution in [-0.4, -0.2) is 78.1 Å². The van der Waals surface area contributed by atoms with E-state index in [2.05, 4.69) is 10.2 Å². The summed E-state index contributed by atoms with van der Waals surface area (Å²) in [5, 5.41) is 11.6. The molecule has 1 atom stereocenters. The normalized spacial score (nSPS) is 17.0. The number of carbonyl (C=O) groups is 3. The highest BCUT2D eigenvalue weighted by Crippen LogP contribution is 2.32. The van der Waals surface area contributed by atoms with E-state index in [4.69, 9.17) is 4.74 Å². The van der Waals surface area contributed by atoms with Crippen LogP contribution in [0.5, 0.6) is 5.75 Å². The molecule has 2 aromatic carbocycles. The van der Waals surface area contributed by atoms with Crippen molar-refractivity contribution in [2.45, 2.75) is 31.7 Å². The molecule has 1 heterocycles. The number of amides is 2. The summed E-state index contributed by atoms with van der Waals surface area (Å²) in [4.78, 5) is 40.4. The highest BCUT2D eigenvalue weighted by molar-refractivity contribution is 5.99. The van der Waals surface area contributed by atoms with Gasteiger partial charge in [0.05, 0.1) is 6.61 Å². The van der Waals surface area contributed by atoms with Gasteiger partial charge in [0, 0.05) is 50.6 Å². The number of ketones is 1. The van der Waals surface area contributed by atoms with E-state index in [0.717, 1.165) is 55.8 Å². The predicted octanol–water partition coefficient (Wildman–Crippen LogP) is 3.07. The van der Waals surface area contributed by atoms with Crippen molar-refractivity contribution in [1.29, 1.82) is 0 Å². The van der Waals surface area contributed by atoms with Crippen molar-refractivity contribution in [2.24, 2.45) is 5.92 Å². The fraction of sp³-hybridized carbons (Fsp3) is 0.444. The summed E-state index contributed by atoms with van der Waals surface area (Å²) in [5.74, 6) is 1.05. The number of Topliss-reactive ketones (excluding diaryl/α,β-unsaturated/α-hetero) is 1. The number of benzene rings is 2. The van der Waals surface area contributed by atoms with Crippen LogP contribution in [0.25, 0.3) is 0 Å². The van der Waals surface area contributed by atoms with Gasteiger partial charge in [-0.15, -0.1) is 0 Å². The van der Waals surface area contributed by atoms with Gasteiger partial charge in [-0.3, -0.25) is 14.5 Å². The molecule has 1 saturated carbocycles. The Bertz CT molecular complexity index is 999. The van der Waals surface area contributed by atoms with Crippen molar-refractivity contribution >= 4 is 17.8 Å². The van der Waals surface area contributed by atoms with Crippen molar-refractivity contribution < 1.29 is 24.2 Å². The Morgan fingerprint density at radius 1 is 0.971 bits per heavy atom. The fourth-order valence-electron chi connectivity index (χ4n) is 4.39. The number of rotatable bonds is 11. The lowest BCUT2D eigenvalue weighted by molar-refractivity contribution is -0.135. The molecule has 1 aliphatic heterocycles. The largest absolute Gasteiger partial charge is 0.494 e. The number of hydrogen-bond donors (Lipinski definition) is 2. The summed E-state index contributed by atoms with van der Waals surface area (Å²) in [5.41, 5.74) is 1.68. The number of ether oxygens (including phenoxy) is 1. The molecule has 2 aromatic rings. The number of nitrogens with one attached hydrogen (secondary N) is 1. The van der Waals surface area contributed by atoms with Crippen molar-refractivity contribution in [2.75, 3.05) is 39.3 Å². The highest BCUT2D eigenvalue weighted by Gasteiger charge is 2.30. The van der Waals surface area contributed by atoms with Crippen LogP contribution in [0.1, 0.15) is 35.2 Å². The van der Waals surface area contributed by atoms with Gasteiger partial charge in [0.1, 0.15) is 11.8 Å². The predicted molar refractivity (Wildman–Crippen MR) is 132 cm³/mol. The number of carboxylic acid groups (broad SMARTS) is 1. The third-order valence-electron chi connectivity index (χ3n) is 6.54. The van der Waals surface area contributed by atoms with Crippen LogP contribution in [0.15, 0.2) is 54.6 Å². The smallest absolute Gasteiger partial charge is 0.405 e. The first-order valence-corrected chi connectivity index (χ1v) is 12.3. The maximum Gasteiger partial charge on any atom is 0.405 e. The minimum atomic E-state index is -1.19. The van der Waals surface area contributed by atoms with E-state index in [1.54, 1.807) is 4.90 Å². The zero-order valence-electron chi connectivity index (χ0n) is 19.9. The number of hydrogen-bond acceptors (Lipinski definition) is 5. The Morgan fingerprint density at radius 2 is 1.66 bits per heavy atom. The molecule has 1 aliphatic carbocycles. The van der Waals surface area contributed by atoms with Crippen molar-refractivity contribution in [1.82, 2.24) is 15.1 Å². The van der Waals surface area contributed by atoms with Crippen molar-refractivity contribution in [3.63, 3.8) is 0 Å². The van der Waals surface area contributed by atoms with Crippen LogP contribution in [0, 0.1) is 5.92 Å². The summed E-state index contributed by atoms with van der Waals surface area (Å²) < 4.78 is 5.83. The van der Waals surface area contributed by atoms with Crippen molar-refractivity contribution in [3.05, 3.63) is 65.7 Å². The van der Waals surface area contributed by atoms with Gasteiger partial charge in [-0.25, -0.2) is 4.79 Å². The topological polar surface area (TPSA) is 99.2 Å². The van der Waals surface area contributed by atoms with Crippen LogP contribution in [0.3, 0.4) is 0 Å². The molecule has 0 unspecified atom stereocenters. The molecule has 8 heteroatoms. The second kappa shape index (κ2) is 11.8. The maximum atomic E-state index is 13.0. The minimum absolute atomic E-state index is 0.178. The van der Waals surface area contributed by atoms with Crippen LogP contribution in [-0.2, 0) is 11.2 Å². The Labute approximate surface area is 205 Å². The second-order valence-corrected chi connectivity index (χ2v) is 9.22. The molecule has 0 spiro atoms. The van der Waals surface area contributed by atoms with E-state index in [9.17, 15) is 19.5 Å². The van der Waals surface area contributed by atoms with Crippen LogP contribution >= 0.6 is 0 Å². The number of nitrogens with zero attached hydrogens (tertiary/aromatic N) is 2. The molecule has 2 fully saturated rings. The third kappa shape index (κ3) is 7.29. The molecule has 2 aliphatic rings. The van der Waals surface area contributed by atoms with Gasteiger partial charge in [0.25, 0.3) is 0 Å². The van der Waals surface area contributed by atoms with Gasteiger partial charge in [-0.1, -0.05) is 30.3 Å². The molecule has 4 rings (SSSR count). The summed E-state index contributed by atoms with van der Waals surface area (Å²) in [6.45, 7) is 4.08. The Balaban J connectivity index is 1.17. The van der Waals surface area contributed by atoms with Crippen LogP contribution < -0.4 is 10.1 Å².